The van der Waals surface area contributed by atoms with Crippen LogP contribution in [0.4, 0.5) is 0 Å². The van der Waals surface area contributed by atoms with Gasteiger partial charge in [0.05, 0.1) is 21.2 Å². The van der Waals surface area contributed by atoms with Crippen LogP contribution in [0.25, 0.3) is 0 Å². The van der Waals surface area contributed by atoms with E-state index in [9.17, 15) is 8.42 Å². The van der Waals surface area contributed by atoms with Crippen molar-refractivity contribution in [3.05, 3.63) is 63.1 Å². The highest BCUT2D eigenvalue weighted by Crippen LogP contribution is 2.24. The van der Waals surface area contributed by atoms with E-state index in [0.717, 1.165) is 0 Å². The van der Waals surface area contributed by atoms with Crippen LogP contribution in [0.3, 0.4) is 0 Å². The maximum Gasteiger partial charge on any atom is 0.276 e. The van der Waals surface area contributed by atoms with Crippen LogP contribution in [0.15, 0.2) is 52.5 Å². The smallest absolute Gasteiger partial charge is 0.200 e. The molecule has 0 fully saturated rings. The van der Waals surface area contributed by atoms with Crippen molar-refractivity contribution in [3.8, 4) is 0 Å². The molecule has 0 radical (unpaired) electrons. The third-order valence-corrected chi connectivity index (χ3v) is 4.81. The third kappa shape index (κ3) is 4.11. The molecule has 2 rings (SSSR count). The van der Waals surface area contributed by atoms with Crippen LogP contribution in [0.1, 0.15) is 5.56 Å². The summed E-state index contributed by atoms with van der Waals surface area (Å²) in [5.74, 6) is 0. The summed E-state index contributed by atoms with van der Waals surface area (Å²) in [5, 5.41) is 4.78. The number of halogens is 3. The normalized spacial score (nSPS) is 11.8. The maximum atomic E-state index is 12.0. The van der Waals surface area contributed by atoms with Crippen molar-refractivity contribution >= 4 is 51.0 Å². The van der Waals surface area contributed by atoms with Crippen LogP contribution in [0, 0.1) is 0 Å². The Hall–Kier alpha value is -1.27. The van der Waals surface area contributed by atoms with Crippen molar-refractivity contribution < 1.29 is 8.42 Å². The van der Waals surface area contributed by atoms with Crippen LogP contribution in [-0.2, 0) is 10.0 Å². The van der Waals surface area contributed by atoms with Gasteiger partial charge in [0.15, 0.2) is 0 Å². The fourth-order valence-corrected chi connectivity index (χ4v) is 2.73. The second kappa shape index (κ2) is 6.66. The molecular formula is C13H9Cl3N2O2S. The standard InChI is InChI=1S/C13H9Cl3N2O2S/c14-10-4-6-11(7-5-10)21(19,20)18-17-8-9-2-1-3-12(15)13(9)16/h1-8,18H. The van der Waals surface area contributed by atoms with Crippen LogP contribution in [-0.4, -0.2) is 14.6 Å². The third-order valence-electron chi connectivity index (χ3n) is 2.48. The number of rotatable bonds is 4. The van der Waals surface area contributed by atoms with E-state index in [1.165, 1.54) is 30.5 Å². The van der Waals surface area contributed by atoms with Crippen molar-refractivity contribution in [1.29, 1.82) is 0 Å². The number of nitrogens with zero attached hydrogens (tertiary/aromatic N) is 1. The maximum absolute atomic E-state index is 12.0. The number of hydrazone groups is 1. The summed E-state index contributed by atoms with van der Waals surface area (Å²) < 4.78 is 23.9. The first-order valence-electron chi connectivity index (χ1n) is 5.64. The largest absolute Gasteiger partial charge is 0.276 e. The molecule has 0 atom stereocenters. The van der Waals surface area contributed by atoms with Gasteiger partial charge in [-0.2, -0.15) is 13.5 Å². The molecule has 0 aromatic heterocycles. The predicted molar refractivity (Wildman–Crippen MR) is 85.8 cm³/mol. The van der Waals surface area contributed by atoms with E-state index in [2.05, 4.69) is 9.93 Å². The number of hydrogen-bond acceptors (Lipinski definition) is 3. The van der Waals surface area contributed by atoms with Crippen LogP contribution >= 0.6 is 34.8 Å². The van der Waals surface area contributed by atoms with Gasteiger partial charge in [-0.1, -0.05) is 46.9 Å². The first-order chi connectivity index (χ1) is 9.90. The van der Waals surface area contributed by atoms with Crippen molar-refractivity contribution in [2.24, 2.45) is 5.10 Å². The lowest BCUT2D eigenvalue weighted by molar-refractivity contribution is 0.584. The Balaban J connectivity index is 2.16. The molecule has 0 aliphatic heterocycles. The molecule has 0 aliphatic carbocycles. The molecule has 2 aromatic rings. The van der Waals surface area contributed by atoms with E-state index >= 15 is 0 Å². The Labute approximate surface area is 137 Å². The lowest BCUT2D eigenvalue weighted by atomic mass is 10.2. The second-order valence-electron chi connectivity index (χ2n) is 3.95. The Morgan fingerprint density at radius 1 is 1.00 bits per heavy atom. The van der Waals surface area contributed by atoms with E-state index in [-0.39, 0.29) is 4.90 Å². The van der Waals surface area contributed by atoms with Gasteiger partial charge in [0.2, 0.25) is 0 Å². The van der Waals surface area contributed by atoms with Crippen molar-refractivity contribution in [2.75, 3.05) is 0 Å². The minimum Gasteiger partial charge on any atom is -0.200 e. The fourth-order valence-electron chi connectivity index (χ4n) is 1.45. The molecule has 21 heavy (non-hydrogen) atoms. The number of sulfonamides is 1. The molecule has 0 bridgehead atoms. The molecule has 8 heteroatoms. The summed E-state index contributed by atoms with van der Waals surface area (Å²) in [6.07, 6.45) is 1.28. The Morgan fingerprint density at radius 2 is 1.67 bits per heavy atom. The number of hydrogen-bond donors (Lipinski definition) is 1. The molecule has 2 aromatic carbocycles. The minimum absolute atomic E-state index is 0.0567. The van der Waals surface area contributed by atoms with E-state index in [1.54, 1.807) is 18.2 Å². The molecular weight excluding hydrogens is 355 g/mol. The van der Waals surface area contributed by atoms with Gasteiger partial charge in [-0.25, -0.2) is 4.83 Å². The van der Waals surface area contributed by atoms with Crippen LogP contribution in [0.2, 0.25) is 15.1 Å². The quantitative estimate of drug-likeness (QED) is 0.660. The summed E-state index contributed by atoms with van der Waals surface area (Å²) in [5.41, 5.74) is 0.503. The molecule has 0 spiro atoms. The lowest BCUT2D eigenvalue weighted by Gasteiger charge is -2.03. The zero-order valence-electron chi connectivity index (χ0n) is 10.4. The fraction of sp³-hybridized carbons (Fsp3) is 0. The summed E-state index contributed by atoms with van der Waals surface area (Å²) >= 11 is 17.5. The molecule has 0 heterocycles. The molecule has 0 amide bonds. The monoisotopic (exact) mass is 362 g/mol. The second-order valence-corrected chi connectivity index (χ2v) is 6.83. The first-order valence-corrected chi connectivity index (χ1v) is 8.26. The van der Waals surface area contributed by atoms with E-state index < -0.39 is 10.0 Å². The van der Waals surface area contributed by atoms with Gasteiger partial charge in [-0.05, 0) is 30.3 Å². The van der Waals surface area contributed by atoms with E-state index in [4.69, 9.17) is 34.8 Å². The van der Waals surface area contributed by atoms with Gasteiger partial charge < -0.3 is 0 Å². The van der Waals surface area contributed by atoms with Crippen molar-refractivity contribution in [2.45, 2.75) is 4.90 Å². The molecule has 1 N–H and O–H groups in total. The van der Waals surface area contributed by atoms with Gasteiger partial charge in [0.25, 0.3) is 10.0 Å². The van der Waals surface area contributed by atoms with Gasteiger partial charge in [-0.15, -0.1) is 0 Å². The zero-order chi connectivity index (χ0) is 15.5. The highest BCUT2D eigenvalue weighted by molar-refractivity contribution is 7.89. The van der Waals surface area contributed by atoms with E-state index in [0.29, 0.717) is 20.6 Å². The molecule has 0 saturated carbocycles. The first kappa shape index (κ1) is 16.1. The van der Waals surface area contributed by atoms with Gasteiger partial charge >= 0.3 is 0 Å². The van der Waals surface area contributed by atoms with Gasteiger partial charge in [0, 0.05) is 10.6 Å². The van der Waals surface area contributed by atoms with Crippen LogP contribution < -0.4 is 4.83 Å². The van der Waals surface area contributed by atoms with Crippen molar-refractivity contribution in [1.82, 2.24) is 4.83 Å². The van der Waals surface area contributed by atoms with Crippen LogP contribution in [0.5, 0.6) is 0 Å². The number of benzene rings is 2. The lowest BCUT2D eigenvalue weighted by Crippen LogP contribution is -2.18. The Bertz CT molecular complexity index is 775. The topological polar surface area (TPSA) is 58.5 Å². The van der Waals surface area contributed by atoms with Crippen molar-refractivity contribution in [3.63, 3.8) is 0 Å². The Morgan fingerprint density at radius 3 is 2.33 bits per heavy atom. The average molecular weight is 364 g/mol. The van der Waals surface area contributed by atoms with Gasteiger partial charge in [-0.3, -0.25) is 0 Å². The zero-order valence-corrected chi connectivity index (χ0v) is 13.5. The molecule has 110 valence electrons. The highest BCUT2D eigenvalue weighted by atomic mass is 35.5. The van der Waals surface area contributed by atoms with Gasteiger partial charge in [0.1, 0.15) is 0 Å². The summed E-state index contributed by atoms with van der Waals surface area (Å²) in [6.45, 7) is 0. The SMILES string of the molecule is O=S(=O)(NN=Cc1cccc(Cl)c1Cl)c1ccc(Cl)cc1. The summed E-state index contributed by atoms with van der Waals surface area (Å²) in [7, 11) is -3.75. The van der Waals surface area contributed by atoms with E-state index in [1.807, 2.05) is 0 Å². The predicted octanol–water partition coefficient (Wildman–Crippen LogP) is 3.96. The summed E-state index contributed by atoms with van der Waals surface area (Å²) in [4.78, 5) is 2.14. The highest BCUT2D eigenvalue weighted by Gasteiger charge is 2.12. The molecule has 0 unspecified atom stereocenters. The molecule has 4 nitrogen and oxygen atoms in total. The summed E-state index contributed by atoms with van der Waals surface area (Å²) in [6, 6.07) is 10.7. The molecule has 0 aliphatic rings. The molecule has 0 saturated heterocycles. The number of nitrogens with one attached hydrogen (secondary N) is 1. The minimum atomic E-state index is -3.75. The Kier molecular flexibility index (Phi) is 5.11. The average Bonchev–Trinajstić information content (AvgIpc) is 2.44.